The number of aromatic nitrogens is 3. The number of halogens is 1. The van der Waals surface area contributed by atoms with E-state index >= 15 is 0 Å². The third-order valence-electron chi connectivity index (χ3n) is 5.89. The molecular weight excluding hydrogens is 431 g/mol. The lowest BCUT2D eigenvalue weighted by Gasteiger charge is -2.15. The van der Waals surface area contributed by atoms with E-state index in [4.69, 9.17) is 13.0 Å². The Hall–Kier alpha value is -3.96. The van der Waals surface area contributed by atoms with Crippen LogP contribution in [-0.4, -0.2) is 39.8 Å². The molecule has 2 aromatic heterocycles. The molecule has 0 unspecified atom stereocenters. The van der Waals surface area contributed by atoms with Gasteiger partial charge in [0.05, 0.1) is 12.8 Å². The number of imidazole rings is 1. The maximum atomic E-state index is 14.6. The molecule has 4 aromatic rings. The minimum absolute atomic E-state index is 0.150. The Kier molecular flexibility index (Phi) is 4.07. The fourth-order valence-corrected chi connectivity index (χ4v) is 4.33. The summed E-state index contributed by atoms with van der Waals surface area (Å²) >= 11 is 0. The standard InChI is InChI=1S/C26H25FN6O/c1-16-10-17(14-32(2)3)4-5-19(16)22-13-30-26(33-15-18(11-28)31-25(22)33)29-12-21-20-8-9-34-24(20)7-6-23(21)27/h4-7,10,13,15H,8-9,12,14H2,1-3H3,(H,29,30)/i2D3,3D3. The molecule has 0 fully saturated rings. The molecule has 0 aliphatic carbocycles. The Labute approximate surface area is 205 Å². The highest BCUT2D eigenvalue weighted by Crippen LogP contribution is 2.32. The van der Waals surface area contributed by atoms with Gasteiger partial charge in [-0.05, 0) is 49.7 Å². The van der Waals surface area contributed by atoms with Gasteiger partial charge in [-0.2, -0.15) is 5.26 Å². The average molecular weight is 463 g/mol. The number of fused-ring (bicyclic) bond motifs is 2. The molecule has 2 aromatic carbocycles. The molecule has 1 aliphatic heterocycles. The minimum atomic E-state index is -2.80. The normalized spacial score (nSPS) is 15.9. The summed E-state index contributed by atoms with van der Waals surface area (Å²) in [7, 11) is 0. The summed E-state index contributed by atoms with van der Waals surface area (Å²) in [6.07, 6.45) is 3.75. The predicted molar refractivity (Wildman–Crippen MR) is 128 cm³/mol. The quantitative estimate of drug-likeness (QED) is 0.460. The van der Waals surface area contributed by atoms with Crippen molar-refractivity contribution in [1.29, 1.82) is 5.26 Å². The number of hydrogen-bond donors (Lipinski definition) is 1. The van der Waals surface area contributed by atoms with Gasteiger partial charge >= 0.3 is 0 Å². The molecule has 0 saturated carbocycles. The fourth-order valence-electron chi connectivity index (χ4n) is 4.33. The van der Waals surface area contributed by atoms with Crippen LogP contribution in [0.3, 0.4) is 0 Å². The predicted octanol–water partition coefficient (Wildman–Crippen LogP) is 4.32. The zero-order valence-electron chi connectivity index (χ0n) is 24.4. The maximum Gasteiger partial charge on any atom is 0.208 e. The molecule has 3 heterocycles. The summed E-state index contributed by atoms with van der Waals surface area (Å²) in [6.45, 7) is -3.43. The van der Waals surface area contributed by atoms with Crippen molar-refractivity contribution in [2.75, 3.05) is 25.9 Å². The summed E-state index contributed by atoms with van der Waals surface area (Å²) in [5.41, 5.74) is 4.50. The van der Waals surface area contributed by atoms with Crippen LogP contribution in [0.15, 0.2) is 42.7 Å². The highest BCUT2D eigenvalue weighted by atomic mass is 19.1. The van der Waals surface area contributed by atoms with Crippen LogP contribution in [0, 0.1) is 24.1 Å². The molecule has 0 saturated heterocycles. The van der Waals surface area contributed by atoms with Crippen molar-refractivity contribution in [3.8, 4) is 22.9 Å². The summed E-state index contributed by atoms with van der Waals surface area (Å²) in [6, 6.07) is 10.2. The van der Waals surface area contributed by atoms with Gasteiger partial charge in [0.1, 0.15) is 17.6 Å². The molecule has 172 valence electrons. The SMILES string of the molecule is [2H]C([2H])([2H])N(Cc1ccc(-c2cnc(NCc3c(F)ccc4c3CCO4)n3cc(C#N)nc23)c(C)c1)C([2H])([2H])[2H]. The van der Waals surface area contributed by atoms with E-state index in [9.17, 15) is 9.65 Å². The van der Waals surface area contributed by atoms with Gasteiger partial charge in [-0.3, -0.25) is 4.40 Å². The molecular formula is C26H25FN6O. The average Bonchev–Trinajstić information content (AvgIpc) is 3.53. The van der Waals surface area contributed by atoms with Gasteiger partial charge in [-0.15, -0.1) is 0 Å². The topological polar surface area (TPSA) is 78.5 Å². The number of nitriles is 1. The van der Waals surface area contributed by atoms with Crippen LogP contribution in [0.2, 0.25) is 0 Å². The monoisotopic (exact) mass is 462 g/mol. The van der Waals surface area contributed by atoms with E-state index in [1.165, 1.54) is 12.3 Å². The van der Waals surface area contributed by atoms with Crippen molar-refractivity contribution in [3.05, 3.63) is 76.5 Å². The second-order valence-electron chi connectivity index (χ2n) is 8.12. The van der Waals surface area contributed by atoms with Crippen molar-refractivity contribution in [2.24, 2.45) is 0 Å². The largest absolute Gasteiger partial charge is 0.493 e. The summed E-state index contributed by atoms with van der Waals surface area (Å²) in [5.74, 6) is 0.684. The van der Waals surface area contributed by atoms with Crippen LogP contribution in [0.4, 0.5) is 10.3 Å². The Bertz CT molecular complexity index is 1630. The van der Waals surface area contributed by atoms with Crippen molar-refractivity contribution >= 4 is 11.6 Å². The molecule has 0 bridgehead atoms. The van der Waals surface area contributed by atoms with Crippen LogP contribution < -0.4 is 10.1 Å². The molecule has 0 amide bonds. The maximum absolute atomic E-state index is 14.6. The van der Waals surface area contributed by atoms with Crippen LogP contribution in [-0.2, 0) is 19.5 Å². The second-order valence-corrected chi connectivity index (χ2v) is 8.12. The van der Waals surface area contributed by atoms with Gasteiger partial charge < -0.3 is 15.0 Å². The second kappa shape index (κ2) is 8.76. The van der Waals surface area contributed by atoms with Crippen LogP contribution in [0.1, 0.15) is 36.2 Å². The number of hydrogen-bond acceptors (Lipinski definition) is 6. The number of rotatable bonds is 6. The van der Waals surface area contributed by atoms with Crippen molar-refractivity contribution in [3.63, 3.8) is 0 Å². The van der Waals surface area contributed by atoms with Gasteiger partial charge in [-0.25, -0.2) is 14.4 Å². The third kappa shape index (κ3) is 3.95. The molecule has 0 spiro atoms. The highest BCUT2D eigenvalue weighted by molar-refractivity contribution is 5.80. The first-order valence-corrected chi connectivity index (χ1v) is 10.7. The first-order chi connectivity index (χ1) is 18.9. The van der Waals surface area contributed by atoms with Crippen molar-refractivity contribution in [1.82, 2.24) is 19.3 Å². The molecule has 0 radical (unpaired) electrons. The molecule has 1 aliphatic rings. The third-order valence-corrected chi connectivity index (χ3v) is 5.89. The lowest BCUT2D eigenvalue weighted by atomic mass is 10.00. The number of nitrogens with zero attached hydrogens (tertiary/aromatic N) is 5. The van der Waals surface area contributed by atoms with E-state index in [0.717, 1.165) is 16.7 Å². The van der Waals surface area contributed by atoms with Gasteiger partial charge in [0, 0.05) is 50.6 Å². The first-order valence-electron chi connectivity index (χ1n) is 13.7. The summed E-state index contributed by atoms with van der Waals surface area (Å²) in [5, 5.41) is 12.7. The lowest BCUT2D eigenvalue weighted by Crippen LogP contribution is -2.11. The number of benzene rings is 2. The smallest absolute Gasteiger partial charge is 0.208 e. The van der Waals surface area contributed by atoms with Gasteiger partial charge in [0.25, 0.3) is 0 Å². The van der Waals surface area contributed by atoms with Crippen molar-refractivity contribution in [2.45, 2.75) is 26.4 Å². The van der Waals surface area contributed by atoms with E-state index in [-0.39, 0.29) is 24.6 Å². The van der Waals surface area contributed by atoms with Gasteiger partial charge in [-0.1, -0.05) is 18.2 Å². The van der Waals surface area contributed by atoms with Crippen molar-refractivity contribution < 1.29 is 17.4 Å². The van der Waals surface area contributed by atoms with E-state index in [1.54, 1.807) is 34.9 Å². The molecule has 7 nitrogen and oxygen atoms in total. The first kappa shape index (κ1) is 15.8. The number of anilines is 1. The Morgan fingerprint density at radius 1 is 1.29 bits per heavy atom. The molecule has 1 N–H and O–H groups in total. The highest BCUT2D eigenvalue weighted by Gasteiger charge is 2.20. The van der Waals surface area contributed by atoms with Crippen LogP contribution in [0.5, 0.6) is 5.75 Å². The van der Waals surface area contributed by atoms with E-state index in [0.29, 0.717) is 52.0 Å². The Morgan fingerprint density at radius 2 is 2.18 bits per heavy atom. The molecule has 5 rings (SSSR count). The van der Waals surface area contributed by atoms with E-state index in [2.05, 4.69) is 15.3 Å². The van der Waals surface area contributed by atoms with Gasteiger partial charge in [0.15, 0.2) is 11.3 Å². The molecule has 34 heavy (non-hydrogen) atoms. The minimum Gasteiger partial charge on any atom is -0.493 e. The zero-order valence-corrected chi connectivity index (χ0v) is 18.4. The fraction of sp³-hybridized carbons (Fsp3) is 0.269. The van der Waals surface area contributed by atoms with E-state index < -0.39 is 14.0 Å². The molecule has 0 atom stereocenters. The van der Waals surface area contributed by atoms with Gasteiger partial charge in [0.2, 0.25) is 5.95 Å². The molecule has 8 heteroatoms. The summed E-state index contributed by atoms with van der Waals surface area (Å²) < 4.78 is 67.5. The Balaban J connectivity index is 1.48. The number of aryl methyl sites for hydroxylation is 1. The Morgan fingerprint density at radius 3 is 2.97 bits per heavy atom. The number of nitrogens with one attached hydrogen (secondary N) is 1. The number of ether oxygens (including phenoxy) is 1. The van der Waals surface area contributed by atoms with Crippen LogP contribution >= 0.6 is 0 Å². The zero-order chi connectivity index (χ0) is 28.8. The van der Waals surface area contributed by atoms with E-state index in [1.807, 2.05) is 13.0 Å². The lowest BCUT2D eigenvalue weighted by molar-refractivity contribution is 0.356. The van der Waals surface area contributed by atoms with Crippen LogP contribution in [0.25, 0.3) is 16.8 Å². The summed E-state index contributed by atoms with van der Waals surface area (Å²) in [4.78, 5) is 9.48.